The molecule has 0 saturated carbocycles. The summed E-state index contributed by atoms with van der Waals surface area (Å²) < 4.78 is 11.1. The Morgan fingerprint density at radius 1 is 0.931 bits per heavy atom. The van der Waals surface area contributed by atoms with Crippen LogP contribution in [0.3, 0.4) is 0 Å². The summed E-state index contributed by atoms with van der Waals surface area (Å²) in [6.45, 7) is 1.29. The van der Waals surface area contributed by atoms with Crippen LogP contribution in [0.5, 0.6) is 0 Å². The summed E-state index contributed by atoms with van der Waals surface area (Å²) in [5.74, 6) is -1.32. The van der Waals surface area contributed by atoms with Gasteiger partial charge in [0.2, 0.25) is 11.9 Å². The number of hydrogen-bond donors (Lipinski definition) is 0. The first-order valence-electron chi connectivity index (χ1n) is 9.71. The third kappa shape index (κ3) is 4.06. The van der Waals surface area contributed by atoms with Crippen molar-refractivity contribution >= 4 is 22.8 Å². The lowest BCUT2D eigenvalue weighted by atomic mass is 10.1. The van der Waals surface area contributed by atoms with E-state index in [0.29, 0.717) is 29.6 Å². The fraction of sp³-hybridized carbons (Fsp3) is 0.261. The fourth-order valence-corrected chi connectivity index (χ4v) is 3.54. The summed E-state index contributed by atoms with van der Waals surface area (Å²) >= 11 is 0. The molecular weight excluding hydrogens is 370 g/mol. The third-order valence-corrected chi connectivity index (χ3v) is 5.06. The molecule has 1 atom stereocenters. The van der Waals surface area contributed by atoms with E-state index in [9.17, 15) is 14.4 Å². The second-order valence-corrected chi connectivity index (χ2v) is 7.05. The van der Waals surface area contributed by atoms with Gasteiger partial charge in [0.25, 0.3) is 5.91 Å². The molecule has 6 heteroatoms. The average Bonchev–Trinajstić information content (AvgIpc) is 2.78. The topological polar surface area (TPSA) is 76.8 Å². The van der Waals surface area contributed by atoms with Crippen LogP contribution in [0.15, 0.2) is 69.9 Å². The number of fused-ring (bicyclic) bond motifs is 1. The summed E-state index contributed by atoms with van der Waals surface area (Å²) in [6, 6.07) is 16.7. The molecule has 6 nitrogen and oxygen atoms in total. The van der Waals surface area contributed by atoms with Crippen molar-refractivity contribution in [3.8, 4) is 0 Å². The Balaban J connectivity index is 1.64. The van der Waals surface area contributed by atoms with Crippen LogP contribution in [-0.4, -0.2) is 29.9 Å². The Bertz CT molecular complexity index is 1080. The molecule has 1 aliphatic heterocycles. The van der Waals surface area contributed by atoms with Crippen molar-refractivity contribution in [3.05, 3.63) is 82.2 Å². The maximum Gasteiger partial charge on any atom is 0.375 e. The lowest BCUT2D eigenvalue weighted by molar-refractivity contribution is -0.142. The number of para-hydroxylation sites is 1. The van der Waals surface area contributed by atoms with Crippen molar-refractivity contribution in [1.82, 2.24) is 4.90 Å². The molecule has 0 bridgehead atoms. The monoisotopic (exact) mass is 391 g/mol. The number of carbonyl (C=O) groups excluding carboxylic acids is 2. The van der Waals surface area contributed by atoms with Gasteiger partial charge in [-0.15, -0.1) is 0 Å². The van der Waals surface area contributed by atoms with Gasteiger partial charge in [-0.05, 0) is 31.4 Å². The lowest BCUT2D eigenvalue weighted by Crippen LogP contribution is -2.40. The van der Waals surface area contributed by atoms with Gasteiger partial charge in [-0.25, -0.2) is 4.79 Å². The number of ether oxygens (including phenoxy) is 1. The van der Waals surface area contributed by atoms with Gasteiger partial charge < -0.3 is 14.1 Å². The minimum Gasteiger partial charge on any atom is -0.449 e. The van der Waals surface area contributed by atoms with Crippen molar-refractivity contribution in [2.45, 2.75) is 25.4 Å². The van der Waals surface area contributed by atoms with Gasteiger partial charge in [0.05, 0.1) is 5.39 Å². The largest absolute Gasteiger partial charge is 0.449 e. The molecule has 2 aromatic carbocycles. The normalized spacial score (nSPS) is 15.1. The van der Waals surface area contributed by atoms with E-state index in [-0.39, 0.29) is 17.1 Å². The molecule has 29 heavy (non-hydrogen) atoms. The van der Waals surface area contributed by atoms with Crippen LogP contribution >= 0.6 is 0 Å². The van der Waals surface area contributed by atoms with Crippen molar-refractivity contribution in [2.75, 3.05) is 13.1 Å². The molecule has 0 aliphatic carbocycles. The zero-order valence-electron chi connectivity index (χ0n) is 15.9. The predicted octanol–water partition coefficient (Wildman–Crippen LogP) is 3.70. The van der Waals surface area contributed by atoms with E-state index >= 15 is 0 Å². The van der Waals surface area contributed by atoms with Crippen LogP contribution < -0.4 is 5.43 Å². The molecule has 4 rings (SSSR count). The van der Waals surface area contributed by atoms with E-state index in [1.807, 2.05) is 6.07 Å². The minimum absolute atomic E-state index is 0.221. The quantitative estimate of drug-likeness (QED) is 0.634. The van der Waals surface area contributed by atoms with Gasteiger partial charge >= 0.3 is 5.97 Å². The number of amides is 1. The minimum atomic E-state index is -1.08. The van der Waals surface area contributed by atoms with Gasteiger partial charge in [-0.2, -0.15) is 0 Å². The number of rotatable bonds is 4. The molecule has 148 valence electrons. The van der Waals surface area contributed by atoms with E-state index in [1.165, 1.54) is 0 Å². The van der Waals surface area contributed by atoms with E-state index in [0.717, 1.165) is 25.3 Å². The molecule has 3 aromatic rings. The Kier molecular flexibility index (Phi) is 5.42. The number of piperidine rings is 1. The second kappa shape index (κ2) is 8.31. The van der Waals surface area contributed by atoms with Crippen LogP contribution in [0.1, 0.15) is 41.5 Å². The van der Waals surface area contributed by atoms with Gasteiger partial charge in [0.1, 0.15) is 5.58 Å². The molecule has 0 spiro atoms. The van der Waals surface area contributed by atoms with E-state index in [2.05, 4.69) is 0 Å². The van der Waals surface area contributed by atoms with Crippen LogP contribution in [-0.2, 0) is 9.53 Å². The third-order valence-electron chi connectivity index (χ3n) is 5.06. The highest BCUT2D eigenvalue weighted by Gasteiger charge is 2.31. The Morgan fingerprint density at radius 3 is 2.38 bits per heavy atom. The fourth-order valence-electron chi connectivity index (χ4n) is 3.54. The number of esters is 1. The van der Waals surface area contributed by atoms with E-state index in [4.69, 9.17) is 9.15 Å². The number of carbonyl (C=O) groups is 2. The average molecular weight is 391 g/mol. The van der Waals surface area contributed by atoms with Gasteiger partial charge in [0, 0.05) is 24.7 Å². The predicted molar refractivity (Wildman–Crippen MR) is 108 cm³/mol. The number of benzene rings is 2. The summed E-state index contributed by atoms with van der Waals surface area (Å²) in [4.78, 5) is 39.9. The molecule has 1 aliphatic rings. The zero-order valence-corrected chi connectivity index (χ0v) is 15.9. The molecular formula is C23H21NO5. The zero-order chi connectivity index (χ0) is 20.2. The number of nitrogens with zero attached hydrogens (tertiary/aromatic N) is 1. The van der Waals surface area contributed by atoms with E-state index < -0.39 is 12.1 Å². The standard InChI is InChI=1S/C23H21NO5/c25-18-15-20(28-19-12-6-5-11-17(18)19)23(27)29-21(16-9-3-1-4-10-16)22(26)24-13-7-2-8-14-24/h1,3-6,9-12,15,21H,2,7-8,13-14H2. The second-order valence-electron chi connectivity index (χ2n) is 7.05. The smallest absolute Gasteiger partial charge is 0.375 e. The van der Waals surface area contributed by atoms with Crippen LogP contribution in [0.2, 0.25) is 0 Å². The molecule has 1 fully saturated rings. The SMILES string of the molecule is O=C(OC(C(=O)N1CCCCC1)c1ccccc1)c1cc(=O)c2ccccc2o1. The maximum absolute atomic E-state index is 13.1. The number of likely N-dealkylation sites (tertiary alicyclic amines) is 1. The van der Waals surface area contributed by atoms with Crippen LogP contribution in [0, 0.1) is 0 Å². The molecule has 1 unspecified atom stereocenters. The molecule has 2 heterocycles. The first-order valence-corrected chi connectivity index (χ1v) is 9.71. The molecule has 1 amide bonds. The van der Waals surface area contributed by atoms with Crippen molar-refractivity contribution in [1.29, 1.82) is 0 Å². The highest BCUT2D eigenvalue weighted by molar-refractivity contribution is 5.92. The molecule has 1 aromatic heterocycles. The summed E-state index contributed by atoms with van der Waals surface area (Å²) in [5, 5.41) is 0.382. The molecule has 0 N–H and O–H groups in total. The van der Waals surface area contributed by atoms with Crippen LogP contribution in [0.4, 0.5) is 0 Å². The van der Waals surface area contributed by atoms with Gasteiger partial charge in [0.15, 0.2) is 5.43 Å². The molecule has 0 radical (unpaired) electrons. The highest BCUT2D eigenvalue weighted by atomic mass is 16.6. The first kappa shape index (κ1) is 18.9. The molecule has 1 saturated heterocycles. The summed E-state index contributed by atoms with van der Waals surface area (Å²) in [7, 11) is 0. The van der Waals surface area contributed by atoms with Crippen molar-refractivity contribution < 1.29 is 18.7 Å². The Labute approximate surface area is 167 Å². The van der Waals surface area contributed by atoms with E-state index in [1.54, 1.807) is 53.4 Å². The van der Waals surface area contributed by atoms with Gasteiger partial charge in [-0.1, -0.05) is 42.5 Å². The Hall–Kier alpha value is -3.41. The maximum atomic E-state index is 13.1. The lowest BCUT2D eigenvalue weighted by Gasteiger charge is -2.30. The summed E-state index contributed by atoms with van der Waals surface area (Å²) in [5.41, 5.74) is 0.544. The van der Waals surface area contributed by atoms with Crippen molar-refractivity contribution in [3.63, 3.8) is 0 Å². The highest BCUT2D eigenvalue weighted by Crippen LogP contribution is 2.24. The first-order chi connectivity index (χ1) is 14.1. The van der Waals surface area contributed by atoms with Crippen LogP contribution in [0.25, 0.3) is 11.0 Å². The summed E-state index contributed by atoms with van der Waals surface area (Å²) in [6.07, 6.45) is 1.86. The van der Waals surface area contributed by atoms with Crippen molar-refractivity contribution in [2.24, 2.45) is 0 Å². The Morgan fingerprint density at radius 2 is 1.62 bits per heavy atom. The van der Waals surface area contributed by atoms with Gasteiger partial charge in [-0.3, -0.25) is 9.59 Å². The number of hydrogen-bond acceptors (Lipinski definition) is 5.